The summed E-state index contributed by atoms with van der Waals surface area (Å²) in [6, 6.07) is 25.0. The molecule has 3 aromatic carbocycles. The average molecular weight is 531 g/mol. The van der Waals surface area contributed by atoms with Gasteiger partial charge in [0.15, 0.2) is 0 Å². The van der Waals surface area contributed by atoms with Gasteiger partial charge in [-0.05, 0) is 102 Å². The monoisotopic (exact) mass is 530 g/mol. The number of unbranched alkanes of at least 4 members (excludes halogenated alkanes) is 1. The number of benzene rings is 3. The van der Waals surface area contributed by atoms with Crippen molar-refractivity contribution in [2.45, 2.75) is 59.3 Å². The van der Waals surface area contributed by atoms with Crippen LogP contribution in [0.3, 0.4) is 0 Å². The minimum atomic E-state index is -0.223. The normalized spacial score (nSPS) is 17.7. The predicted octanol–water partition coefficient (Wildman–Crippen LogP) is 11.6. The Kier molecular flexibility index (Phi) is 9.70. The van der Waals surface area contributed by atoms with Crippen LogP contribution in [0.4, 0.5) is 0 Å². The van der Waals surface area contributed by atoms with Gasteiger partial charge in [0.1, 0.15) is 0 Å². The van der Waals surface area contributed by atoms with Crippen LogP contribution in [-0.2, 0) is 5.41 Å². The molecule has 0 radical (unpaired) electrons. The van der Waals surface area contributed by atoms with Gasteiger partial charge >= 0.3 is 0 Å². The van der Waals surface area contributed by atoms with Gasteiger partial charge in [-0.25, -0.2) is 0 Å². The molecule has 0 saturated carbocycles. The first-order valence-corrected chi connectivity index (χ1v) is 15.5. The van der Waals surface area contributed by atoms with Crippen molar-refractivity contribution in [3.63, 3.8) is 0 Å². The molecule has 3 aromatic rings. The maximum Gasteiger partial charge on any atom is 0.0494 e. The van der Waals surface area contributed by atoms with Crippen molar-refractivity contribution in [3.05, 3.63) is 136 Å². The molecule has 4 rings (SSSR count). The number of hydrogen-bond donors (Lipinski definition) is 0. The van der Waals surface area contributed by atoms with Crippen molar-refractivity contribution in [1.29, 1.82) is 0 Å². The van der Waals surface area contributed by atoms with E-state index in [1.54, 1.807) is 0 Å². The summed E-state index contributed by atoms with van der Waals surface area (Å²) < 4.78 is 0. The summed E-state index contributed by atoms with van der Waals surface area (Å²) in [5.41, 5.74) is 11.8. The molecule has 1 aliphatic rings. The fourth-order valence-corrected chi connectivity index (χ4v) is 6.52. The Bertz CT molecular complexity index is 1460. The van der Waals surface area contributed by atoms with Gasteiger partial charge in [-0.2, -0.15) is 0 Å². The zero-order valence-electron chi connectivity index (χ0n) is 24.4. The number of allylic oxidation sites excluding steroid dienone is 10. The van der Waals surface area contributed by atoms with Crippen LogP contribution in [0.15, 0.2) is 120 Å². The summed E-state index contributed by atoms with van der Waals surface area (Å²) >= 11 is 1.82. The molecule has 0 aromatic heterocycles. The number of rotatable bonds is 10. The molecule has 0 bridgehead atoms. The van der Waals surface area contributed by atoms with Crippen molar-refractivity contribution in [3.8, 4) is 22.3 Å². The fourth-order valence-electron chi connectivity index (χ4n) is 6.13. The molecule has 200 valence electrons. The summed E-state index contributed by atoms with van der Waals surface area (Å²) in [5.74, 6) is 0. The lowest BCUT2D eigenvalue weighted by atomic mass is 9.69. The quantitative estimate of drug-likeness (QED) is 0.185. The molecule has 0 aliphatic heterocycles. The van der Waals surface area contributed by atoms with Crippen LogP contribution in [0.5, 0.6) is 0 Å². The van der Waals surface area contributed by atoms with Gasteiger partial charge in [0.05, 0.1) is 0 Å². The highest BCUT2D eigenvalue weighted by molar-refractivity contribution is 8.02. The maximum atomic E-state index is 2.41. The van der Waals surface area contributed by atoms with E-state index in [2.05, 4.69) is 150 Å². The van der Waals surface area contributed by atoms with Crippen LogP contribution < -0.4 is 0 Å². The van der Waals surface area contributed by atoms with Gasteiger partial charge in [-0.15, -0.1) is 11.8 Å². The largest absolute Gasteiger partial charge is 0.134 e. The molecule has 1 aliphatic carbocycles. The van der Waals surface area contributed by atoms with Crippen LogP contribution in [0.1, 0.15) is 70.6 Å². The molecule has 0 N–H and O–H groups in total. The van der Waals surface area contributed by atoms with Gasteiger partial charge in [0, 0.05) is 5.41 Å². The van der Waals surface area contributed by atoms with Crippen molar-refractivity contribution < 1.29 is 0 Å². The van der Waals surface area contributed by atoms with E-state index in [1.165, 1.54) is 61.4 Å². The van der Waals surface area contributed by atoms with E-state index in [9.17, 15) is 0 Å². The zero-order valence-corrected chi connectivity index (χ0v) is 25.2. The summed E-state index contributed by atoms with van der Waals surface area (Å²) in [4.78, 5) is 1.33. The summed E-state index contributed by atoms with van der Waals surface area (Å²) in [6.45, 7) is 10.9. The minimum Gasteiger partial charge on any atom is -0.134 e. The van der Waals surface area contributed by atoms with Gasteiger partial charge in [-0.1, -0.05) is 123 Å². The van der Waals surface area contributed by atoms with E-state index in [1.807, 2.05) is 11.8 Å². The molecular formula is C38H42S. The Labute approximate surface area is 241 Å². The van der Waals surface area contributed by atoms with Gasteiger partial charge in [-0.3, -0.25) is 0 Å². The third kappa shape index (κ3) is 5.30. The minimum absolute atomic E-state index is 0.223. The van der Waals surface area contributed by atoms with E-state index in [-0.39, 0.29) is 5.41 Å². The first kappa shape index (κ1) is 28.7. The second kappa shape index (κ2) is 13.2. The number of hydrogen-bond acceptors (Lipinski definition) is 1. The highest BCUT2D eigenvalue weighted by atomic mass is 32.2. The highest BCUT2D eigenvalue weighted by Crippen LogP contribution is 2.57. The maximum absolute atomic E-state index is 2.41. The van der Waals surface area contributed by atoms with Crippen molar-refractivity contribution in [2.24, 2.45) is 0 Å². The second-order valence-corrected chi connectivity index (χ2v) is 11.1. The van der Waals surface area contributed by atoms with Gasteiger partial charge in [0.25, 0.3) is 0 Å². The Morgan fingerprint density at radius 2 is 1.44 bits per heavy atom. The molecular weight excluding hydrogens is 488 g/mol. The standard InChI is InChI=1S/C38H42S/c1-7-11-12-17-27-38(29(10-4)19-8-2)35-25-16-15-23-34(35)37-33(24-18-26-36(37)38)32-22-14-13-21-31(32)30(20-9-3)28(5)39-6/h8-10,12-26H,7,11,27H2,1-6H3/b17-12-,19-8-,20-9-,29-10+,30-28-. The van der Waals surface area contributed by atoms with E-state index in [0.29, 0.717) is 0 Å². The van der Waals surface area contributed by atoms with E-state index < -0.39 is 0 Å². The lowest BCUT2D eigenvalue weighted by molar-refractivity contribution is 0.640. The third-order valence-corrected chi connectivity index (χ3v) is 8.74. The first-order chi connectivity index (χ1) is 19.1. The molecule has 0 nitrogen and oxygen atoms in total. The fraction of sp³-hybridized carbons (Fsp3) is 0.263. The molecule has 1 heteroatoms. The van der Waals surface area contributed by atoms with E-state index in [4.69, 9.17) is 0 Å². The molecule has 0 heterocycles. The second-order valence-electron chi connectivity index (χ2n) is 10.1. The Hall–Kier alpha value is -3.29. The van der Waals surface area contributed by atoms with E-state index in [0.717, 1.165) is 12.8 Å². The number of thioether (sulfide) groups is 1. The van der Waals surface area contributed by atoms with Gasteiger partial charge in [0.2, 0.25) is 0 Å². The summed E-state index contributed by atoms with van der Waals surface area (Å²) in [6.07, 6.45) is 21.4. The Balaban J connectivity index is 2.09. The molecule has 0 amide bonds. The predicted molar refractivity (Wildman–Crippen MR) is 176 cm³/mol. The summed E-state index contributed by atoms with van der Waals surface area (Å²) in [7, 11) is 0. The third-order valence-electron chi connectivity index (χ3n) is 7.90. The smallest absolute Gasteiger partial charge is 0.0494 e. The molecule has 39 heavy (non-hydrogen) atoms. The number of fused-ring (bicyclic) bond motifs is 3. The first-order valence-electron chi connectivity index (χ1n) is 14.2. The zero-order chi connectivity index (χ0) is 27.8. The molecule has 0 saturated heterocycles. The average Bonchev–Trinajstić information content (AvgIpc) is 3.27. The van der Waals surface area contributed by atoms with E-state index >= 15 is 0 Å². The van der Waals surface area contributed by atoms with Crippen LogP contribution in [0, 0.1) is 0 Å². The van der Waals surface area contributed by atoms with Crippen molar-refractivity contribution >= 4 is 17.3 Å². The van der Waals surface area contributed by atoms with Gasteiger partial charge < -0.3 is 0 Å². The molecule has 1 unspecified atom stereocenters. The van der Waals surface area contributed by atoms with Crippen molar-refractivity contribution in [2.75, 3.05) is 6.26 Å². The highest BCUT2D eigenvalue weighted by Gasteiger charge is 2.45. The molecule has 0 spiro atoms. The SMILES string of the molecule is C/C=C\C(=C(/C)SC)c1ccccc1-c1cccc2c1-c1ccccc1C2(C/C=C\CCC)C(/C=C\C)=C/C. The lowest BCUT2D eigenvalue weighted by Crippen LogP contribution is -2.26. The van der Waals surface area contributed by atoms with Crippen LogP contribution in [0.25, 0.3) is 27.8 Å². The molecule has 0 fully saturated rings. The van der Waals surface area contributed by atoms with Crippen molar-refractivity contribution in [1.82, 2.24) is 0 Å². The van der Waals surface area contributed by atoms with Crippen LogP contribution in [-0.4, -0.2) is 6.26 Å². The Morgan fingerprint density at radius 1 is 0.769 bits per heavy atom. The summed E-state index contributed by atoms with van der Waals surface area (Å²) in [5, 5.41) is 0. The Morgan fingerprint density at radius 3 is 2.13 bits per heavy atom. The topological polar surface area (TPSA) is 0 Å². The van der Waals surface area contributed by atoms with Crippen LogP contribution >= 0.6 is 11.8 Å². The van der Waals surface area contributed by atoms with Crippen LogP contribution in [0.2, 0.25) is 0 Å². The lowest BCUT2D eigenvalue weighted by Gasteiger charge is -2.33. The molecule has 1 atom stereocenters.